The van der Waals surface area contributed by atoms with Crippen molar-refractivity contribution >= 4 is 23.4 Å². The zero-order valence-electron chi connectivity index (χ0n) is 15.3. The topological polar surface area (TPSA) is 72.7 Å². The molecule has 0 atom stereocenters. The zero-order valence-corrected chi connectivity index (χ0v) is 16.1. The van der Waals surface area contributed by atoms with Crippen LogP contribution in [0.15, 0.2) is 41.6 Å². The summed E-state index contributed by atoms with van der Waals surface area (Å²) in [7, 11) is 0. The second-order valence-electron chi connectivity index (χ2n) is 6.20. The van der Waals surface area contributed by atoms with Crippen molar-refractivity contribution in [2.24, 2.45) is 0 Å². The molecule has 1 amide bonds. The van der Waals surface area contributed by atoms with Crippen LogP contribution in [0.4, 0.5) is 5.69 Å². The number of carbonyl (C=O) groups is 1. The lowest BCUT2D eigenvalue weighted by Gasteiger charge is -2.11. The number of amides is 1. The fraction of sp³-hybridized carbons (Fsp3) is 0.263. The van der Waals surface area contributed by atoms with Crippen LogP contribution in [0.1, 0.15) is 22.3 Å². The van der Waals surface area contributed by atoms with E-state index in [9.17, 15) is 4.79 Å². The molecule has 0 saturated carbocycles. The lowest BCUT2D eigenvalue weighted by molar-refractivity contribution is -0.113. The van der Waals surface area contributed by atoms with Crippen LogP contribution in [0.25, 0.3) is 5.69 Å². The molecule has 1 aromatic heterocycles. The maximum Gasteiger partial charge on any atom is 0.234 e. The lowest BCUT2D eigenvalue weighted by Crippen LogP contribution is -2.15. The van der Waals surface area contributed by atoms with E-state index < -0.39 is 0 Å². The first kappa shape index (κ1) is 18.1. The Hall–Kier alpha value is -2.67. The number of benzene rings is 2. The van der Waals surface area contributed by atoms with Crippen LogP contribution >= 0.6 is 11.8 Å². The third-order valence-electron chi connectivity index (χ3n) is 4.30. The van der Waals surface area contributed by atoms with Gasteiger partial charge in [0.2, 0.25) is 11.1 Å². The average molecular weight is 367 g/mol. The van der Waals surface area contributed by atoms with Gasteiger partial charge in [-0.25, -0.2) is 0 Å². The molecular weight excluding hydrogens is 346 g/mol. The Morgan fingerprint density at radius 1 is 1.04 bits per heavy atom. The summed E-state index contributed by atoms with van der Waals surface area (Å²) >= 11 is 1.32. The number of hydrogen-bond acceptors (Lipinski definition) is 5. The van der Waals surface area contributed by atoms with Gasteiger partial charge in [-0.3, -0.25) is 4.79 Å². The molecule has 1 heterocycles. The predicted molar refractivity (Wildman–Crippen MR) is 104 cm³/mol. The van der Waals surface area contributed by atoms with Gasteiger partial charge in [0.25, 0.3) is 0 Å². The second kappa shape index (κ2) is 7.70. The van der Waals surface area contributed by atoms with Gasteiger partial charge in [0.05, 0.1) is 11.4 Å². The minimum atomic E-state index is -0.0836. The van der Waals surface area contributed by atoms with E-state index in [4.69, 9.17) is 0 Å². The summed E-state index contributed by atoms with van der Waals surface area (Å²) in [5.74, 6) is 0.151. The molecule has 0 unspecified atom stereocenters. The molecule has 0 aliphatic rings. The van der Waals surface area contributed by atoms with Crippen LogP contribution in [-0.2, 0) is 4.79 Å². The van der Waals surface area contributed by atoms with Crippen molar-refractivity contribution in [3.05, 3.63) is 58.7 Å². The maximum absolute atomic E-state index is 12.3. The Labute approximate surface area is 157 Å². The highest BCUT2D eigenvalue weighted by Gasteiger charge is 2.15. The summed E-state index contributed by atoms with van der Waals surface area (Å²) in [6.45, 7) is 8.06. The van der Waals surface area contributed by atoms with Crippen LogP contribution in [-0.4, -0.2) is 31.9 Å². The number of anilines is 1. The number of para-hydroxylation sites is 1. The minimum absolute atomic E-state index is 0.0836. The van der Waals surface area contributed by atoms with Crippen LogP contribution in [0.3, 0.4) is 0 Å². The van der Waals surface area contributed by atoms with Gasteiger partial charge in [-0.05, 0) is 66.4 Å². The third-order valence-corrected chi connectivity index (χ3v) is 5.22. The lowest BCUT2D eigenvalue weighted by atomic mass is 10.1. The van der Waals surface area contributed by atoms with Crippen molar-refractivity contribution < 1.29 is 4.79 Å². The Morgan fingerprint density at radius 2 is 1.69 bits per heavy atom. The molecule has 0 radical (unpaired) electrons. The Bertz CT molecular complexity index is 931. The highest BCUT2D eigenvalue weighted by molar-refractivity contribution is 7.99. The van der Waals surface area contributed by atoms with Crippen LogP contribution in [0, 0.1) is 27.7 Å². The number of rotatable bonds is 5. The summed E-state index contributed by atoms with van der Waals surface area (Å²) in [5.41, 5.74) is 6.18. The molecule has 3 rings (SSSR count). The van der Waals surface area contributed by atoms with Gasteiger partial charge in [0, 0.05) is 5.69 Å². The number of nitrogens with zero attached hydrogens (tertiary/aromatic N) is 4. The second-order valence-corrected chi connectivity index (χ2v) is 7.14. The number of aromatic nitrogens is 4. The fourth-order valence-electron chi connectivity index (χ4n) is 2.75. The Balaban J connectivity index is 1.72. The minimum Gasteiger partial charge on any atom is -0.325 e. The van der Waals surface area contributed by atoms with Gasteiger partial charge in [0.15, 0.2) is 0 Å². The van der Waals surface area contributed by atoms with Gasteiger partial charge in [0.1, 0.15) is 0 Å². The maximum atomic E-state index is 12.3. The van der Waals surface area contributed by atoms with Crippen molar-refractivity contribution in [2.75, 3.05) is 11.1 Å². The smallest absolute Gasteiger partial charge is 0.234 e. The molecule has 0 aliphatic heterocycles. The highest BCUT2D eigenvalue weighted by atomic mass is 32.2. The van der Waals surface area contributed by atoms with Gasteiger partial charge in [-0.15, -0.1) is 5.10 Å². The SMILES string of the molecule is Cc1cccc(NC(=O)CSc2nnnn2-c2c(C)cccc2C)c1C. The summed E-state index contributed by atoms with van der Waals surface area (Å²) in [5, 5.41) is 15.5. The molecule has 2 aromatic carbocycles. The normalized spacial score (nSPS) is 10.8. The van der Waals surface area contributed by atoms with E-state index in [0.717, 1.165) is 33.6 Å². The number of tetrazole rings is 1. The average Bonchev–Trinajstić information content (AvgIpc) is 3.05. The quantitative estimate of drug-likeness (QED) is 0.697. The van der Waals surface area contributed by atoms with Crippen molar-refractivity contribution in [1.29, 1.82) is 0 Å². The molecule has 0 aliphatic carbocycles. The van der Waals surface area contributed by atoms with Crippen LogP contribution in [0.5, 0.6) is 0 Å². The molecule has 26 heavy (non-hydrogen) atoms. The largest absolute Gasteiger partial charge is 0.325 e. The van der Waals surface area contributed by atoms with E-state index >= 15 is 0 Å². The number of hydrogen-bond donors (Lipinski definition) is 1. The molecular formula is C19H21N5OS. The fourth-order valence-corrected chi connectivity index (χ4v) is 3.43. The Morgan fingerprint density at radius 3 is 2.42 bits per heavy atom. The molecule has 0 spiro atoms. The highest BCUT2D eigenvalue weighted by Crippen LogP contribution is 2.24. The monoisotopic (exact) mass is 367 g/mol. The molecule has 0 saturated heterocycles. The van der Waals surface area contributed by atoms with Gasteiger partial charge >= 0.3 is 0 Å². The third kappa shape index (κ3) is 3.77. The van der Waals surface area contributed by atoms with E-state index in [1.165, 1.54) is 11.8 Å². The number of aryl methyl sites for hydroxylation is 3. The number of thioether (sulfide) groups is 1. The number of carbonyl (C=O) groups excluding carboxylic acids is 1. The van der Waals surface area contributed by atoms with E-state index in [1.54, 1.807) is 4.68 Å². The molecule has 0 fully saturated rings. The van der Waals surface area contributed by atoms with Crippen molar-refractivity contribution in [1.82, 2.24) is 20.2 Å². The first-order valence-corrected chi connectivity index (χ1v) is 9.29. The van der Waals surface area contributed by atoms with E-state index in [1.807, 2.05) is 64.1 Å². The zero-order chi connectivity index (χ0) is 18.7. The molecule has 6 nitrogen and oxygen atoms in total. The summed E-state index contributed by atoms with van der Waals surface area (Å²) in [6, 6.07) is 11.9. The number of nitrogens with one attached hydrogen (secondary N) is 1. The molecule has 134 valence electrons. The Kier molecular flexibility index (Phi) is 5.37. The summed E-state index contributed by atoms with van der Waals surface area (Å²) in [6.07, 6.45) is 0. The molecule has 1 N–H and O–H groups in total. The van der Waals surface area contributed by atoms with Crippen molar-refractivity contribution in [2.45, 2.75) is 32.9 Å². The summed E-state index contributed by atoms with van der Waals surface area (Å²) in [4.78, 5) is 12.3. The van der Waals surface area contributed by atoms with Gasteiger partial charge in [-0.2, -0.15) is 4.68 Å². The van der Waals surface area contributed by atoms with E-state index in [2.05, 4.69) is 20.8 Å². The molecule has 0 bridgehead atoms. The van der Waals surface area contributed by atoms with E-state index in [-0.39, 0.29) is 11.7 Å². The van der Waals surface area contributed by atoms with E-state index in [0.29, 0.717) is 5.16 Å². The molecule has 7 heteroatoms. The first-order chi connectivity index (χ1) is 12.5. The van der Waals surface area contributed by atoms with Crippen LogP contribution < -0.4 is 5.32 Å². The standard InChI is InChI=1S/C19H21N5OS/c1-12-7-6-10-16(15(12)4)20-17(25)11-26-19-21-22-23-24(19)18-13(2)8-5-9-14(18)3/h5-10H,11H2,1-4H3,(H,20,25). The predicted octanol–water partition coefficient (Wildman–Crippen LogP) is 3.63. The summed E-state index contributed by atoms with van der Waals surface area (Å²) < 4.78 is 1.69. The van der Waals surface area contributed by atoms with Crippen LogP contribution in [0.2, 0.25) is 0 Å². The van der Waals surface area contributed by atoms with Crippen molar-refractivity contribution in [3.8, 4) is 5.69 Å². The van der Waals surface area contributed by atoms with Gasteiger partial charge in [-0.1, -0.05) is 42.1 Å². The van der Waals surface area contributed by atoms with Crippen molar-refractivity contribution in [3.63, 3.8) is 0 Å². The van der Waals surface area contributed by atoms with Gasteiger partial charge < -0.3 is 5.32 Å². The first-order valence-electron chi connectivity index (χ1n) is 8.31. The molecule has 3 aromatic rings.